The molecule has 0 aliphatic carbocycles. The number of anilines is 1. The summed E-state index contributed by atoms with van der Waals surface area (Å²) in [6, 6.07) is 10.9. The SMILES string of the molecule is COc1ccc(C(=O)N2CCCc3c(OC)cc(OC)cc32)cc1. The molecule has 126 valence electrons. The van der Waals surface area contributed by atoms with Crippen LogP contribution in [0, 0.1) is 0 Å². The molecule has 3 rings (SSSR count). The van der Waals surface area contributed by atoms with Crippen LogP contribution in [0.1, 0.15) is 22.3 Å². The molecular formula is C19H21NO4. The van der Waals surface area contributed by atoms with Gasteiger partial charge in [-0.3, -0.25) is 4.79 Å². The van der Waals surface area contributed by atoms with Crippen LogP contribution in [0.4, 0.5) is 5.69 Å². The first-order chi connectivity index (χ1) is 11.7. The molecule has 0 N–H and O–H groups in total. The maximum atomic E-state index is 13.0. The smallest absolute Gasteiger partial charge is 0.258 e. The van der Waals surface area contributed by atoms with Crippen molar-refractivity contribution in [2.75, 3.05) is 32.8 Å². The lowest BCUT2D eigenvalue weighted by Crippen LogP contribution is -2.35. The van der Waals surface area contributed by atoms with Crippen LogP contribution in [0.3, 0.4) is 0 Å². The van der Waals surface area contributed by atoms with Gasteiger partial charge in [0, 0.05) is 29.8 Å². The standard InChI is InChI=1S/C19H21NO4/c1-22-14-8-6-13(7-9-14)19(21)20-10-4-5-16-17(20)11-15(23-2)12-18(16)24-3/h6-9,11-12H,4-5,10H2,1-3H3. The summed E-state index contributed by atoms with van der Waals surface area (Å²) in [5.74, 6) is 2.14. The summed E-state index contributed by atoms with van der Waals surface area (Å²) in [6.07, 6.45) is 1.78. The molecule has 5 nitrogen and oxygen atoms in total. The van der Waals surface area contributed by atoms with Crippen molar-refractivity contribution < 1.29 is 19.0 Å². The second-order valence-electron chi connectivity index (χ2n) is 5.62. The second-order valence-corrected chi connectivity index (χ2v) is 5.62. The van der Waals surface area contributed by atoms with Gasteiger partial charge in [-0.25, -0.2) is 0 Å². The minimum Gasteiger partial charge on any atom is -0.497 e. The third-order valence-corrected chi connectivity index (χ3v) is 4.30. The van der Waals surface area contributed by atoms with Gasteiger partial charge >= 0.3 is 0 Å². The van der Waals surface area contributed by atoms with Crippen molar-refractivity contribution in [1.29, 1.82) is 0 Å². The lowest BCUT2D eigenvalue weighted by atomic mass is 9.99. The molecule has 5 heteroatoms. The van der Waals surface area contributed by atoms with Gasteiger partial charge in [-0.15, -0.1) is 0 Å². The number of ether oxygens (including phenoxy) is 3. The molecule has 1 aliphatic heterocycles. The number of hydrogen-bond acceptors (Lipinski definition) is 4. The second kappa shape index (κ2) is 6.83. The molecule has 24 heavy (non-hydrogen) atoms. The number of carbonyl (C=O) groups excluding carboxylic acids is 1. The lowest BCUT2D eigenvalue weighted by Gasteiger charge is -2.31. The predicted molar refractivity (Wildman–Crippen MR) is 92.5 cm³/mol. The van der Waals surface area contributed by atoms with Crippen LogP contribution >= 0.6 is 0 Å². The molecule has 0 fully saturated rings. The molecular weight excluding hydrogens is 306 g/mol. The Morgan fingerprint density at radius 3 is 2.29 bits per heavy atom. The van der Waals surface area contributed by atoms with Crippen LogP contribution in [0.15, 0.2) is 36.4 Å². The van der Waals surface area contributed by atoms with Crippen LogP contribution in [-0.4, -0.2) is 33.8 Å². The van der Waals surface area contributed by atoms with E-state index < -0.39 is 0 Å². The first-order valence-electron chi connectivity index (χ1n) is 7.88. The summed E-state index contributed by atoms with van der Waals surface area (Å²) in [4.78, 5) is 14.8. The van der Waals surface area contributed by atoms with E-state index in [9.17, 15) is 4.79 Å². The third kappa shape index (κ3) is 2.89. The third-order valence-electron chi connectivity index (χ3n) is 4.30. The summed E-state index contributed by atoms with van der Waals surface area (Å²) < 4.78 is 16.0. The van der Waals surface area contributed by atoms with E-state index >= 15 is 0 Å². The van der Waals surface area contributed by atoms with Crippen LogP contribution < -0.4 is 19.1 Å². The Hall–Kier alpha value is -2.69. The fourth-order valence-corrected chi connectivity index (χ4v) is 3.03. The Bertz CT molecular complexity index is 740. The number of methoxy groups -OCH3 is 3. The van der Waals surface area contributed by atoms with Crippen LogP contribution in [0.25, 0.3) is 0 Å². The minimum absolute atomic E-state index is 0.0334. The van der Waals surface area contributed by atoms with E-state index in [4.69, 9.17) is 14.2 Å². The topological polar surface area (TPSA) is 48.0 Å². The first-order valence-corrected chi connectivity index (χ1v) is 7.88. The van der Waals surface area contributed by atoms with E-state index in [1.54, 1.807) is 50.5 Å². The largest absolute Gasteiger partial charge is 0.497 e. The normalized spacial score (nSPS) is 13.2. The maximum Gasteiger partial charge on any atom is 0.258 e. The number of carbonyl (C=O) groups is 1. The highest BCUT2D eigenvalue weighted by molar-refractivity contribution is 6.07. The summed E-state index contributed by atoms with van der Waals surface area (Å²) in [5.41, 5.74) is 2.54. The van der Waals surface area contributed by atoms with Gasteiger partial charge < -0.3 is 19.1 Å². The molecule has 0 saturated heterocycles. The fraction of sp³-hybridized carbons (Fsp3) is 0.316. The van der Waals surface area contributed by atoms with Gasteiger partial charge in [0.05, 0.1) is 27.0 Å². The van der Waals surface area contributed by atoms with Gasteiger partial charge in [-0.2, -0.15) is 0 Å². The lowest BCUT2D eigenvalue weighted by molar-refractivity contribution is 0.0985. The van der Waals surface area contributed by atoms with Gasteiger partial charge in [-0.05, 0) is 37.1 Å². The van der Waals surface area contributed by atoms with E-state index in [1.807, 2.05) is 12.1 Å². The van der Waals surface area contributed by atoms with E-state index in [-0.39, 0.29) is 5.91 Å². The van der Waals surface area contributed by atoms with E-state index in [0.717, 1.165) is 35.6 Å². The number of nitrogens with zero attached hydrogens (tertiary/aromatic N) is 1. The Labute approximate surface area is 141 Å². The van der Waals surface area contributed by atoms with Crippen LogP contribution in [-0.2, 0) is 6.42 Å². The average Bonchev–Trinajstić information content (AvgIpc) is 2.66. The van der Waals surface area contributed by atoms with Crippen molar-refractivity contribution in [1.82, 2.24) is 0 Å². The zero-order valence-electron chi connectivity index (χ0n) is 14.2. The quantitative estimate of drug-likeness (QED) is 0.864. The zero-order valence-corrected chi connectivity index (χ0v) is 14.2. The molecule has 2 aromatic rings. The molecule has 0 bridgehead atoms. The van der Waals surface area contributed by atoms with Gasteiger partial charge in [0.15, 0.2) is 0 Å². The number of amides is 1. The van der Waals surface area contributed by atoms with E-state index in [0.29, 0.717) is 17.9 Å². The fourth-order valence-electron chi connectivity index (χ4n) is 3.03. The van der Waals surface area contributed by atoms with Crippen molar-refractivity contribution in [2.45, 2.75) is 12.8 Å². The number of rotatable bonds is 4. The number of fused-ring (bicyclic) bond motifs is 1. The molecule has 0 saturated carbocycles. The Kier molecular flexibility index (Phi) is 4.60. The van der Waals surface area contributed by atoms with Crippen LogP contribution in [0.5, 0.6) is 17.2 Å². The number of benzene rings is 2. The van der Waals surface area contributed by atoms with Gasteiger partial charge in [-0.1, -0.05) is 0 Å². The van der Waals surface area contributed by atoms with E-state index in [1.165, 1.54) is 0 Å². The van der Waals surface area contributed by atoms with Gasteiger partial charge in [0.2, 0.25) is 0 Å². The van der Waals surface area contributed by atoms with E-state index in [2.05, 4.69) is 0 Å². The highest BCUT2D eigenvalue weighted by atomic mass is 16.5. The van der Waals surface area contributed by atoms with Gasteiger partial charge in [0.25, 0.3) is 5.91 Å². The zero-order chi connectivity index (χ0) is 17.1. The molecule has 0 radical (unpaired) electrons. The van der Waals surface area contributed by atoms with Crippen LogP contribution in [0.2, 0.25) is 0 Å². The Balaban J connectivity index is 2.00. The molecule has 0 unspecified atom stereocenters. The summed E-state index contributed by atoms with van der Waals surface area (Å²) in [6.45, 7) is 0.675. The van der Waals surface area contributed by atoms with Crippen molar-refractivity contribution >= 4 is 11.6 Å². The molecule has 0 atom stereocenters. The summed E-state index contributed by atoms with van der Waals surface area (Å²) in [5, 5.41) is 0. The molecule has 1 heterocycles. The van der Waals surface area contributed by atoms with Crippen molar-refractivity contribution in [3.63, 3.8) is 0 Å². The molecule has 2 aromatic carbocycles. The minimum atomic E-state index is -0.0334. The predicted octanol–water partition coefficient (Wildman–Crippen LogP) is 3.31. The highest BCUT2D eigenvalue weighted by Gasteiger charge is 2.26. The molecule has 0 spiro atoms. The molecule has 1 aliphatic rings. The monoisotopic (exact) mass is 327 g/mol. The molecule has 0 aromatic heterocycles. The first kappa shape index (κ1) is 16.2. The summed E-state index contributed by atoms with van der Waals surface area (Å²) in [7, 11) is 4.86. The Morgan fingerprint density at radius 2 is 1.67 bits per heavy atom. The average molecular weight is 327 g/mol. The van der Waals surface area contributed by atoms with Crippen molar-refractivity contribution in [2.24, 2.45) is 0 Å². The van der Waals surface area contributed by atoms with Gasteiger partial charge in [0.1, 0.15) is 17.2 Å². The maximum absolute atomic E-state index is 13.0. The van der Waals surface area contributed by atoms with Crippen molar-refractivity contribution in [3.8, 4) is 17.2 Å². The highest BCUT2D eigenvalue weighted by Crippen LogP contribution is 2.38. The molecule has 1 amide bonds. The number of hydrogen-bond donors (Lipinski definition) is 0. The summed E-state index contributed by atoms with van der Waals surface area (Å²) >= 11 is 0. The van der Waals surface area contributed by atoms with Crippen molar-refractivity contribution in [3.05, 3.63) is 47.5 Å². The Morgan fingerprint density at radius 1 is 0.958 bits per heavy atom.